The Bertz CT molecular complexity index is 533. The van der Waals surface area contributed by atoms with Crippen LogP contribution in [0.2, 0.25) is 0 Å². The van der Waals surface area contributed by atoms with Gasteiger partial charge >= 0.3 is 0 Å². The quantitative estimate of drug-likeness (QED) is 0.854. The van der Waals surface area contributed by atoms with Gasteiger partial charge in [0.2, 0.25) is 5.91 Å². The molecule has 2 N–H and O–H groups in total. The highest BCUT2D eigenvalue weighted by Gasteiger charge is 2.31. The molecule has 142 valence electrons. The Morgan fingerprint density at radius 3 is 2.76 bits per heavy atom. The van der Waals surface area contributed by atoms with Gasteiger partial charge in [-0.3, -0.25) is 4.79 Å². The van der Waals surface area contributed by atoms with E-state index < -0.39 is 0 Å². The Kier molecular flexibility index (Phi) is 8.89. The van der Waals surface area contributed by atoms with Crippen molar-refractivity contribution >= 4 is 36.5 Å². The standard InChI is InChI=1S/C17H27N5O.2ClH/c1-21(17(23)11-13-5-2-7-15(13)18)14-6-4-10-22(12-14)16-8-3-9-19-20-16;;/h3,8-9,13-15H,2,4-7,10-12,18H2,1H3;2*1H/t13-,14?,15+;;/m0../s1. The number of hydrogen-bond acceptors (Lipinski definition) is 5. The van der Waals surface area contributed by atoms with Gasteiger partial charge in [-0.15, -0.1) is 29.9 Å². The van der Waals surface area contributed by atoms with E-state index in [9.17, 15) is 4.79 Å². The molecular weight excluding hydrogens is 361 g/mol. The summed E-state index contributed by atoms with van der Waals surface area (Å²) < 4.78 is 0. The number of piperidine rings is 1. The number of anilines is 1. The third-order valence-electron chi connectivity index (χ3n) is 5.37. The molecule has 6 nitrogen and oxygen atoms in total. The summed E-state index contributed by atoms with van der Waals surface area (Å²) in [6.45, 7) is 1.81. The second kappa shape index (κ2) is 10.1. The van der Waals surface area contributed by atoms with Crippen LogP contribution in [0.15, 0.2) is 18.3 Å². The first-order chi connectivity index (χ1) is 11.1. The maximum atomic E-state index is 12.6. The van der Waals surface area contributed by atoms with Crippen molar-refractivity contribution in [3.05, 3.63) is 18.3 Å². The molecule has 0 bridgehead atoms. The number of rotatable bonds is 4. The van der Waals surface area contributed by atoms with Crippen molar-refractivity contribution in [3.8, 4) is 0 Å². The second-order valence-corrected chi connectivity index (χ2v) is 6.89. The predicted octanol–water partition coefficient (Wildman–Crippen LogP) is 2.26. The van der Waals surface area contributed by atoms with E-state index in [1.165, 1.54) is 0 Å². The lowest BCUT2D eigenvalue weighted by Gasteiger charge is -2.38. The van der Waals surface area contributed by atoms with Gasteiger partial charge < -0.3 is 15.5 Å². The lowest BCUT2D eigenvalue weighted by atomic mass is 9.98. The van der Waals surface area contributed by atoms with Gasteiger partial charge in [-0.1, -0.05) is 6.42 Å². The van der Waals surface area contributed by atoms with Gasteiger partial charge in [0.05, 0.1) is 0 Å². The maximum Gasteiger partial charge on any atom is 0.222 e. The van der Waals surface area contributed by atoms with Crippen molar-refractivity contribution in [1.82, 2.24) is 15.1 Å². The fourth-order valence-corrected chi connectivity index (χ4v) is 3.83. The molecule has 25 heavy (non-hydrogen) atoms. The minimum atomic E-state index is 0. The van der Waals surface area contributed by atoms with Crippen molar-refractivity contribution in [1.29, 1.82) is 0 Å². The molecule has 8 heteroatoms. The molecule has 0 radical (unpaired) electrons. The van der Waals surface area contributed by atoms with E-state index in [0.29, 0.717) is 12.3 Å². The van der Waals surface area contributed by atoms with Crippen LogP contribution in [-0.4, -0.2) is 53.2 Å². The van der Waals surface area contributed by atoms with Gasteiger partial charge in [0, 0.05) is 44.8 Å². The number of nitrogens with two attached hydrogens (primary N) is 1. The van der Waals surface area contributed by atoms with Crippen molar-refractivity contribution in [3.63, 3.8) is 0 Å². The highest BCUT2D eigenvalue weighted by atomic mass is 35.5. The van der Waals surface area contributed by atoms with Crippen LogP contribution in [0, 0.1) is 5.92 Å². The third-order valence-corrected chi connectivity index (χ3v) is 5.37. The van der Waals surface area contributed by atoms with E-state index in [1.807, 2.05) is 24.1 Å². The first-order valence-electron chi connectivity index (χ1n) is 8.69. The summed E-state index contributed by atoms with van der Waals surface area (Å²) >= 11 is 0. The number of amides is 1. The van der Waals surface area contributed by atoms with Crippen LogP contribution in [-0.2, 0) is 4.79 Å². The van der Waals surface area contributed by atoms with Crippen LogP contribution in [0.4, 0.5) is 5.82 Å². The molecule has 1 aliphatic carbocycles. The Hall–Kier alpha value is -1.11. The average Bonchev–Trinajstić information content (AvgIpc) is 3.00. The number of halogens is 2. The van der Waals surface area contributed by atoms with Crippen LogP contribution in [0.1, 0.15) is 38.5 Å². The number of nitrogens with zero attached hydrogens (tertiary/aromatic N) is 4. The first-order valence-corrected chi connectivity index (χ1v) is 8.69. The highest BCUT2D eigenvalue weighted by molar-refractivity contribution is 5.85. The SMILES string of the molecule is CN(C(=O)C[C@@H]1CCC[C@H]1N)C1CCCN(c2cccnn2)C1.Cl.Cl. The van der Waals surface area contributed by atoms with E-state index >= 15 is 0 Å². The molecule has 3 atom stereocenters. The molecule has 1 saturated heterocycles. The fraction of sp³-hybridized carbons (Fsp3) is 0.706. The van der Waals surface area contributed by atoms with Gasteiger partial charge in [0.1, 0.15) is 0 Å². The van der Waals surface area contributed by atoms with E-state index in [4.69, 9.17) is 5.73 Å². The molecule has 0 aromatic carbocycles. The Morgan fingerprint density at radius 1 is 1.32 bits per heavy atom. The molecule has 1 aromatic rings. The van der Waals surface area contributed by atoms with Crippen molar-refractivity contribution in [2.45, 2.75) is 50.6 Å². The molecule has 2 aliphatic rings. The third kappa shape index (κ3) is 5.43. The summed E-state index contributed by atoms with van der Waals surface area (Å²) in [6, 6.07) is 4.34. The fourth-order valence-electron chi connectivity index (χ4n) is 3.83. The summed E-state index contributed by atoms with van der Waals surface area (Å²) in [4.78, 5) is 16.8. The summed E-state index contributed by atoms with van der Waals surface area (Å²) in [7, 11) is 1.94. The zero-order valence-corrected chi connectivity index (χ0v) is 16.3. The molecule has 1 amide bonds. The molecule has 1 aromatic heterocycles. The van der Waals surface area contributed by atoms with Gasteiger partial charge in [0.25, 0.3) is 0 Å². The summed E-state index contributed by atoms with van der Waals surface area (Å²) in [5.74, 6) is 1.50. The minimum Gasteiger partial charge on any atom is -0.353 e. The number of carbonyl (C=O) groups is 1. The molecule has 1 saturated carbocycles. The number of likely N-dealkylation sites (N-methyl/N-ethyl adjacent to an activating group) is 1. The van der Waals surface area contributed by atoms with E-state index in [-0.39, 0.29) is 42.8 Å². The molecule has 2 heterocycles. The average molecular weight is 390 g/mol. The topological polar surface area (TPSA) is 75.3 Å². The zero-order chi connectivity index (χ0) is 16.2. The van der Waals surface area contributed by atoms with E-state index in [2.05, 4.69) is 15.1 Å². The Balaban J connectivity index is 0.00000156. The first kappa shape index (κ1) is 21.9. The van der Waals surface area contributed by atoms with E-state index in [1.54, 1.807) is 6.20 Å². The van der Waals surface area contributed by atoms with Gasteiger partial charge in [-0.25, -0.2) is 0 Å². The van der Waals surface area contributed by atoms with Crippen LogP contribution in [0.3, 0.4) is 0 Å². The summed E-state index contributed by atoms with van der Waals surface area (Å²) in [5, 5.41) is 8.15. The number of carbonyl (C=O) groups excluding carboxylic acids is 1. The number of hydrogen-bond donors (Lipinski definition) is 1. The molecule has 1 unspecified atom stereocenters. The van der Waals surface area contributed by atoms with Crippen molar-refractivity contribution < 1.29 is 4.79 Å². The lowest BCUT2D eigenvalue weighted by Crippen LogP contribution is -2.49. The summed E-state index contributed by atoms with van der Waals surface area (Å²) in [6.07, 6.45) is 7.72. The lowest BCUT2D eigenvalue weighted by molar-refractivity contribution is -0.133. The number of aromatic nitrogens is 2. The normalized spacial score (nSPS) is 25.7. The van der Waals surface area contributed by atoms with Gasteiger partial charge in [0.15, 0.2) is 5.82 Å². The van der Waals surface area contributed by atoms with Crippen LogP contribution < -0.4 is 10.6 Å². The predicted molar refractivity (Wildman–Crippen MR) is 104 cm³/mol. The highest BCUT2D eigenvalue weighted by Crippen LogP contribution is 2.28. The van der Waals surface area contributed by atoms with Crippen molar-refractivity contribution in [2.24, 2.45) is 11.7 Å². The monoisotopic (exact) mass is 389 g/mol. The Labute approximate surface area is 162 Å². The van der Waals surface area contributed by atoms with Crippen LogP contribution in [0.25, 0.3) is 0 Å². The smallest absolute Gasteiger partial charge is 0.222 e. The maximum absolute atomic E-state index is 12.6. The Morgan fingerprint density at radius 2 is 2.12 bits per heavy atom. The van der Waals surface area contributed by atoms with Crippen molar-refractivity contribution in [2.75, 3.05) is 25.0 Å². The molecule has 2 fully saturated rings. The molecule has 3 rings (SSSR count). The van der Waals surface area contributed by atoms with Crippen LogP contribution >= 0.6 is 24.8 Å². The zero-order valence-electron chi connectivity index (χ0n) is 14.7. The molecular formula is C17H29Cl2N5O. The second-order valence-electron chi connectivity index (χ2n) is 6.89. The van der Waals surface area contributed by atoms with Gasteiger partial charge in [-0.05, 0) is 43.7 Å². The van der Waals surface area contributed by atoms with Gasteiger partial charge in [-0.2, -0.15) is 5.10 Å². The largest absolute Gasteiger partial charge is 0.353 e. The molecule has 1 aliphatic heterocycles. The van der Waals surface area contributed by atoms with Crippen LogP contribution in [0.5, 0.6) is 0 Å². The summed E-state index contributed by atoms with van der Waals surface area (Å²) in [5.41, 5.74) is 6.11. The minimum absolute atomic E-state index is 0. The molecule has 0 spiro atoms. The van der Waals surface area contributed by atoms with E-state index in [0.717, 1.165) is 51.0 Å².